The number of carbonyl (C=O) groups excluding carboxylic acids is 1. The highest BCUT2D eigenvalue weighted by Gasteiger charge is 2.30. The second kappa shape index (κ2) is 7.21. The van der Waals surface area contributed by atoms with Crippen LogP contribution in [0.25, 0.3) is 0 Å². The number of hydrogen-bond donors (Lipinski definition) is 1. The number of amides is 1. The Morgan fingerprint density at radius 2 is 2.40 bits per heavy atom. The SMILES string of the molecule is CN(CCO)C[C@H]1COCCN1C(=O)c1ccc(Br)o1. The van der Waals surface area contributed by atoms with E-state index in [1.807, 2.05) is 11.9 Å². The topological polar surface area (TPSA) is 66.2 Å². The van der Waals surface area contributed by atoms with Crippen molar-refractivity contribution >= 4 is 21.8 Å². The maximum absolute atomic E-state index is 12.5. The van der Waals surface area contributed by atoms with E-state index in [0.717, 1.165) is 0 Å². The third kappa shape index (κ3) is 3.82. The minimum atomic E-state index is -0.124. The summed E-state index contributed by atoms with van der Waals surface area (Å²) in [6.45, 7) is 2.92. The van der Waals surface area contributed by atoms with Crippen LogP contribution in [0, 0.1) is 0 Å². The van der Waals surface area contributed by atoms with Gasteiger partial charge in [0.2, 0.25) is 0 Å². The molecule has 1 aliphatic heterocycles. The van der Waals surface area contributed by atoms with Crippen LogP contribution in [0.5, 0.6) is 0 Å². The van der Waals surface area contributed by atoms with E-state index in [1.165, 1.54) is 0 Å². The van der Waals surface area contributed by atoms with Crippen molar-refractivity contribution in [3.05, 3.63) is 22.6 Å². The fourth-order valence-corrected chi connectivity index (χ4v) is 2.57. The zero-order chi connectivity index (χ0) is 14.5. The number of nitrogens with zero attached hydrogens (tertiary/aromatic N) is 2. The smallest absolute Gasteiger partial charge is 0.290 e. The van der Waals surface area contributed by atoms with Crippen LogP contribution in [0.3, 0.4) is 0 Å². The summed E-state index contributed by atoms with van der Waals surface area (Å²) in [6.07, 6.45) is 0. The Morgan fingerprint density at radius 1 is 1.60 bits per heavy atom. The molecule has 1 saturated heterocycles. The molecule has 1 amide bonds. The van der Waals surface area contributed by atoms with Gasteiger partial charge in [0.1, 0.15) is 0 Å². The number of rotatable bonds is 5. The summed E-state index contributed by atoms with van der Waals surface area (Å²) in [4.78, 5) is 16.2. The van der Waals surface area contributed by atoms with Crippen LogP contribution in [0.4, 0.5) is 0 Å². The zero-order valence-electron chi connectivity index (χ0n) is 11.4. The summed E-state index contributed by atoms with van der Waals surface area (Å²) in [5.41, 5.74) is 0. The van der Waals surface area contributed by atoms with Crippen LogP contribution >= 0.6 is 15.9 Å². The van der Waals surface area contributed by atoms with E-state index < -0.39 is 0 Å². The van der Waals surface area contributed by atoms with Gasteiger partial charge >= 0.3 is 0 Å². The maximum Gasteiger partial charge on any atom is 0.290 e. The van der Waals surface area contributed by atoms with Gasteiger partial charge in [-0.15, -0.1) is 0 Å². The molecule has 0 aromatic carbocycles. The highest BCUT2D eigenvalue weighted by molar-refractivity contribution is 9.10. The molecule has 1 aromatic heterocycles. The van der Waals surface area contributed by atoms with Crippen LogP contribution < -0.4 is 0 Å². The molecule has 0 radical (unpaired) electrons. The van der Waals surface area contributed by atoms with Gasteiger partial charge in [0.05, 0.1) is 25.9 Å². The van der Waals surface area contributed by atoms with Gasteiger partial charge in [-0.1, -0.05) is 0 Å². The molecule has 6 nitrogen and oxygen atoms in total. The number of halogens is 1. The fraction of sp³-hybridized carbons (Fsp3) is 0.615. The van der Waals surface area contributed by atoms with Gasteiger partial charge in [-0.25, -0.2) is 0 Å². The van der Waals surface area contributed by atoms with E-state index in [9.17, 15) is 4.79 Å². The van der Waals surface area contributed by atoms with Gasteiger partial charge in [-0.2, -0.15) is 0 Å². The first-order chi connectivity index (χ1) is 9.61. The van der Waals surface area contributed by atoms with E-state index in [1.54, 1.807) is 17.0 Å². The number of likely N-dealkylation sites (N-methyl/N-ethyl adjacent to an activating group) is 1. The van der Waals surface area contributed by atoms with E-state index in [-0.39, 0.29) is 18.6 Å². The highest BCUT2D eigenvalue weighted by Crippen LogP contribution is 2.18. The third-order valence-electron chi connectivity index (χ3n) is 3.28. The first-order valence-electron chi connectivity index (χ1n) is 6.55. The van der Waals surface area contributed by atoms with Gasteiger partial charge in [-0.05, 0) is 35.1 Å². The summed E-state index contributed by atoms with van der Waals surface area (Å²) in [5, 5.41) is 8.95. The predicted octanol–water partition coefficient (Wildman–Crippen LogP) is 0.807. The third-order valence-corrected chi connectivity index (χ3v) is 3.70. The first-order valence-corrected chi connectivity index (χ1v) is 7.34. The van der Waals surface area contributed by atoms with Crippen molar-refractivity contribution in [3.63, 3.8) is 0 Å². The fourth-order valence-electron chi connectivity index (χ4n) is 2.27. The largest absolute Gasteiger partial charge is 0.444 e. The number of ether oxygens (including phenoxy) is 1. The lowest BCUT2D eigenvalue weighted by atomic mass is 10.2. The van der Waals surface area contributed by atoms with E-state index in [2.05, 4.69) is 15.9 Å². The Kier molecular flexibility index (Phi) is 5.59. The normalized spacial score (nSPS) is 19.6. The van der Waals surface area contributed by atoms with Crippen molar-refractivity contribution in [2.45, 2.75) is 6.04 Å². The number of aliphatic hydroxyl groups is 1. The number of carbonyl (C=O) groups is 1. The van der Waals surface area contributed by atoms with Crippen molar-refractivity contribution in [2.24, 2.45) is 0 Å². The molecule has 0 aliphatic carbocycles. The Labute approximate surface area is 126 Å². The zero-order valence-corrected chi connectivity index (χ0v) is 13.0. The number of hydrogen-bond acceptors (Lipinski definition) is 5. The van der Waals surface area contributed by atoms with E-state index >= 15 is 0 Å². The minimum absolute atomic E-state index is 0.0309. The van der Waals surface area contributed by atoms with Crippen molar-refractivity contribution in [1.82, 2.24) is 9.80 Å². The number of furan rings is 1. The Hall–Kier alpha value is -0.890. The van der Waals surface area contributed by atoms with Crippen molar-refractivity contribution in [1.29, 1.82) is 0 Å². The van der Waals surface area contributed by atoms with Gasteiger partial charge in [0, 0.05) is 19.6 Å². The van der Waals surface area contributed by atoms with Crippen LogP contribution in [-0.2, 0) is 4.74 Å². The van der Waals surface area contributed by atoms with Crippen molar-refractivity contribution in [3.8, 4) is 0 Å². The standard InChI is InChI=1S/C13H19BrN2O4/c1-15(4-6-17)8-10-9-19-7-5-16(10)13(18)11-2-3-12(14)20-11/h2-3,10,17H,4-9H2,1H3/t10-/m0/s1. The van der Waals surface area contributed by atoms with Gasteiger partial charge in [0.25, 0.3) is 5.91 Å². The van der Waals surface area contributed by atoms with Crippen LogP contribution in [-0.4, -0.2) is 73.4 Å². The van der Waals surface area contributed by atoms with Crippen molar-refractivity contribution < 1.29 is 19.1 Å². The molecule has 20 heavy (non-hydrogen) atoms. The molecule has 1 fully saturated rings. The summed E-state index contributed by atoms with van der Waals surface area (Å²) in [5.74, 6) is 0.204. The first kappa shape index (κ1) is 15.5. The summed E-state index contributed by atoms with van der Waals surface area (Å²) >= 11 is 3.20. The molecule has 2 heterocycles. The number of aliphatic hydroxyl groups excluding tert-OH is 1. The number of morpholine rings is 1. The Morgan fingerprint density at radius 3 is 3.05 bits per heavy atom. The van der Waals surface area contributed by atoms with Gasteiger partial charge in [-0.3, -0.25) is 4.79 Å². The summed E-state index contributed by atoms with van der Waals surface area (Å²) < 4.78 is 11.3. The molecular weight excluding hydrogens is 328 g/mol. The molecular formula is C13H19BrN2O4. The molecule has 1 aromatic rings. The lowest BCUT2D eigenvalue weighted by molar-refractivity contribution is -0.0123. The van der Waals surface area contributed by atoms with E-state index in [0.29, 0.717) is 43.3 Å². The van der Waals surface area contributed by atoms with Crippen LogP contribution in [0.1, 0.15) is 10.6 Å². The minimum Gasteiger partial charge on any atom is -0.444 e. The Bertz CT molecular complexity index is 451. The average Bonchev–Trinajstić information content (AvgIpc) is 2.85. The van der Waals surface area contributed by atoms with Gasteiger partial charge in [0.15, 0.2) is 10.4 Å². The molecule has 2 rings (SSSR count). The molecule has 1 atom stereocenters. The highest BCUT2D eigenvalue weighted by atomic mass is 79.9. The monoisotopic (exact) mass is 346 g/mol. The second-order valence-corrected chi connectivity index (χ2v) is 5.60. The molecule has 1 N–H and O–H groups in total. The molecule has 0 spiro atoms. The molecule has 0 bridgehead atoms. The molecule has 1 aliphatic rings. The predicted molar refractivity (Wildman–Crippen MR) is 76.6 cm³/mol. The Balaban J connectivity index is 2.04. The van der Waals surface area contributed by atoms with Crippen LogP contribution in [0.2, 0.25) is 0 Å². The lowest BCUT2D eigenvalue weighted by Gasteiger charge is -2.37. The molecule has 7 heteroatoms. The lowest BCUT2D eigenvalue weighted by Crippen LogP contribution is -2.53. The maximum atomic E-state index is 12.5. The molecule has 0 saturated carbocycles. The average molecular weight is 347 g/mol. The second-order valence-electron chi connectivity index (χ2n) is 4.82. The van der Waals surface area contributed by atoms with Gasteiger partial charge < -0.3 is 24.1 Å². The van der Waals surface area contributed by atoms with Crippen LogP contribution in [0.15, 0.2) is 21.2 Å². The summed E-state index contributed by atoms with van der Waals surface area (Å²) in [6, 6.07) is 3.34. The van der Waals surface area contributed by atoms with Crippen molar-refractivity contribution in [2.75, 3.05) is 46.5 Å². The van der Waals surface area contributed by atoms with E-state index in [4.69, 9.17) is 14.3 Å². The quantitative estimate of drug-likeness (QED) is 0.854. The summed E-state index contributed by atoms with van der Waals surface area (Å²) in [7, 11) is 1.91. The molecule has 112 valence electrons. The molecule has 0 unspecified atom stereocenters.